The zero-order valence-electron chi connectivity index (χ0n) is 21.1. The van der Waals surface area contributed by atoms with Gasteiger partial charge in [0.1, 0.15) is 23.7 Å². The van der Waals surface area contributed by atoms with E-state index in [0.717, 1.165) is 61.7 Å². The van der Waals surface area contributed by atoms with E-state index >= 15 is 0 Å². The Hall–Kier alpha value is -2.01. The summed E-state index contributed by atoms with van der Waals surface area (Å²) in [6, 6.07) is 0. The summed E-state index contributed by atoms with van der Waals surface area (Å²) in [6.07, 6.45) is 10.7. The van der Waals surface area contributed by atoms with E-state index in [-0.39, 0.29) is 18.1 Å². The maximum atomic E-state index is 11.1. The van der Waals surface area contributed by atoms with Crippen molar-refractivity contribution in [3.8, 4) is 0 Å². The van der Waals surface area contributed by atoms with Gasteiger partial charge in [-0.05, 0) is 117 Å². The minimum Gasteiger partial charge on any atom is -0.491 e. The third-order valence-corrected chi connectivity index (χ3v) is 10.4. The van der Waals surface area contributed by atoms with Crippen LogP contribution >= 0.6 is 0 Å². The predicted molar refractivity (Wildman–Crippen MR) is 135 cm³/mol. The van der Waals surface area contributed by atoms with Crippen molar-refractivity contribution in [1.29, 1.82) is 0 Å². The quantitative estimate of drug-likeness (QED) is 0.358. The first-order valence-electron chi connectivity index (χ1n) is 13.6. The van der Waals surface area contributed by atoms with Gasteiger partial charge in [0.25, 0.3) is 0 Å². The van der Waals surface area contributed by atoms with E-state index < -0.39 is 5.97 Å². The monoisotopic (exact) mass is 482 g/mol. The van der Waals surface area contributed by atoms with Gasteiger partial charge in [-0.25, -0.2) is 0 Å². The zero-order valence-corrected chi connectivity index (χ0v) is 21.1. The molecule has 0 saturated heterocycles. The van der Waals surface area contributed by atoms with Crippen LogP contribution in [0.15, 0.2) is 49.5 Å². The van der Waals surface area contributed by atoms with Crippen LogP contribution in [0.25, 0.3) is 0 Å². The molecule has 12 atom stereocenters. The Balaban J connectivity index is 0.000000145. The molecule has 6 aliphatic rings. The summed E-state index contributed by atoms with van der Waals surface area (Å²) in [7, 11) is 0. The summed E-state index contributed by atoms with van der Waals surface area (Å²) in [5.74, 6) is 5.98. The highest BCUT2D eigenvalue weighted by molar-refractivity contribution is 5.70. The van der Waals surface area contributed by atoms with Crippen molar-refractivity contribution in [2.75, 3.05) is 0 Å². The van der Waals surface area contributed by atoms with Gasteiger partial charge in [-0.15, -0.1) is 0 Å². The number of aliphatic carboxylic acids is 1. The number of carboxylic acid groups (broad SMARTS) is 1. The van der Waals surface area contributed by atoms with Crippen molar-refractivity contribution in [3.05, 3.63) is 49.5 Å². The Morgan fingerprint density at radius 1 is 0.771 bits per heavy atom. The Morgan fingerprint density at radius 3 is 1.86 bits per heavy atom. The van der Waals surface area contributed by atoms with Crippen LogP contribution in [0, 0.1) is 53.3 Å². The van der Waals surface area contributed by atoms with Crippen LogP contribution in [0.4, 0.5) is 0 Å². The van der Waals surface area contributed by atoms with E-state index in [1.165, 1.54) is 12.8 Å². The highest BCUT2D eigenvalue weighted by Gasteiger charge is 2.58. The summed E-state index contributed by atoms with van der Waals surface area (Å²) < 4.78 is 11.8. The van der Waals surface area contributed by atoms with Crippen molar-refractivity contribution in [2.24, 2.45) is 53.3 Å². The first-order valence-corrected chi connectivity index (χ1v) is 13.6. The molecule has 2 N–H and O–H groups in total. The molecule has 4 bridgehead atoms. The second-order valence-corrected chi connectivity index (χ2v) is 12.3. The second-order valence-electron chi connectivity index (χ2n) is 12.3. The number of fused-ring (bicyclic) bond motifs is 10. The summed E-state index contributed by atoms with van der Waals surface area (Å²) in [5, 5.41) is 18.9. The summed E-state index contributed by atoms with van der Waals surface area (Å²) >= 11 is 0. The Bertz CT molecular complexity index is 906. The fraction of sp³-hybridized carbons (Fsp3) is 0.700. The van der Waals surface area contributed by atoms with Crippen molar-refractivity contribution < 1.29 is 24.5 Å². The molecule has 6 rings (SSSR count). The van der Waals surface area contributed by atoms with Crippen LogP contribution < -0.4 is 0 Å². The molecule has 0 spiro atoms. The molecule has 0 aliphatic heterocycles. The second kappa shape index (κ2) is 9.46. The van der Waals surface area contributed by atoms with Crippen molar-refractivity contribution in [3.63, 3.8) is 0 Å². The van der Waals surface area contributed by atoms with Crippen LogP contribution in [0.2, 0.25) is 0 Å². The Morgan fingerprint density at radius 2 is 1.29 bits per heavy atom. The molecule has 0 heterocycles. The number of aliphatic hydroxyl groups is 1. The minimum atomic E-state index is -0.614. The molecule has 5 nitrogen and oxygen atoms in total. The maximum Gasteiger partial charge on any atom is 0.306 e. The number of ether oxygens (including phenoxy) is 2. The topological polar surface area (TPSA) is 76.0 Å². The van der Waals surface area contributed by atoms with E-state index in [1.54, 1.807) is 6.08 Å². The average molecular weight is 483 g/mol. The van der Waals surface area contributed by atoms with Gasteiger partial charge in [0, 0.05) is 0 Å². The minimum absolute atomic E-state index is 0.0570. The molecule has 0 aromatic heterocycles. The highest BCUT2D eigenvalue weighted by atomic mass is 16.5. The third-order valence-electron chi connectivity index (χ3n) is 10.4. The third kappa shape index (κ3) is 4.50. The molecule has 0 aromatic carbocycles. The molecule has 192 valence electrons. The standard InChI is InChI=1S/C15H20O3.C15H22O2/c1-3-8(2)18-14-7-9-4-13(14)12-6-10(15(16)17)5-11(9)12;1-8(2)9(3)17-15-5-10-4-14(15)13-7-11(16)6-12(10)13/h3,9-14H,1-2,4-7H2,(H,16,17);10-16H,1,3-7H2,2H3. The van der Waals surface area contributed by atoms with Gasteiger partial charge in [0.2, 0.25) is 0 Å². The Kier molecular flexibility index (Phi) is 6.67. The molecule has 0 amide bonds. The molecule has 0 radical (unpaired) electrons. The van der Waals surface area contributed by atoms with Gasteiger partial charge < -0.3 is 19.7 Å². The van der Waals surface area contributed by atoms with Crippen LogP contribution in [-0.4, -0.2) is 34.5 Å². The van der Waals surface area contributed by atoms with Crippen molar-refractivity contribution in [1.82, 2.24) is 0 Å². The predicted octanol–water partition coefficient (Wildman–Crippen LogP) is 5.73. The molecule has 6 aliphatic carbocycles. The smallest absolute Gasteiger partial charge is 0.306 e. The van der Waals surface area contributed by atoms with Gasteiger partial charge >= 0.3 is 5.97 Å². The van der Waals surface area contributed by atoms with E-state index in [4.69, 9.17) is 14.6 Å². The molecule has 6 fully saturated rings. The lowest BCUT2D eigenvalue weighted by Crippen LogP contribution is -2.30. The lowest BCUT2D eigenvalue weighted by molar-refractivity contribution is -0.141. The molecule has 0 aromatic rings. The van der Waals surface area contributed by atoms with Gasteiger partial charge in [0.05, 0.1) is 12.0 Å². The number of allylic oxidation sites excluding steroid dienone is 2. The lowest BCUT2D eigenvalue weighted by atomic mass is 9.80. The van der Waals surface area contributed by atoms with Gasteiger partial charge in [0.15, 0.2) is 0 Å². The number of hydrogen-bond acceptors (Lipinski definition) is 4. The van der Waals surface area contributed by atoms with Gasteiger partial charge in [-0.2, -0.15) is 0 Å². The van der Waals surface area contributed by atoms with Crippen molar-refractivity contribution in [2.45, 2.75) is 76.6 Å². The maximum absolute atomic E-state index is 11.1. The SMILES string of the molecule is C=C(C)C(=C)OC1CC2CC1C1CC(O)CC21.C=CC(=C)OC1CC2CC1C1CC(C(=O)O)CC21. The van der Waals surface area contributed by atoms with Gasteiger partial charge in [-0.1, -0.05) is 26.3 Å². The summed E-state index contributed by atoms with van der Waals surface area (Å²) in [4.78, 5) is 11.1. The number of aliphatic hydroxyl groups excluding tert-OH is 1. The van der Waals surface area contributed by atoms with E-state index in [2.05, 4.69) is 26.3 Å². The number of carboxylic acids is 1. The number of hydrogen-bond donors (Lipinski definition) is 2. The fourth-order valence-corrected chi connectivity index (χ4v) is 8.99. The first-order chi connectivity index (χ1) is 16.7. The highest BCUT2D eigenvalue weighted by Crippen LogP contribution is 2.61. The molecule has 12 unspecified atom stereocenters. The van der Waals surface area contributed by atoms with Crippen LogP contribution in [0.5, 0.6) is 0 Å². The molecule has 35 heavy (non-hydrogen) atoms. The van der Waals surface area contributed by atoms with Crippen LogP contribution in [-0.2, 0) is 14.3 Å². The summed E-state index contributed by atoms with van der Waals surface area (Å²) in [5.41, 5.74) is 0.927. The average Bonchev–Trinajstić information content (AvgIpc) is 3.60. The Labute approximate surface area is 210 Å². The van der Waals surface area contributed by atoms with E-state index in [9.17, 15) is 9.90 Å². The fourth-order valence-electron chi connectivity index (χ4n) is 8.99. The van der Waals surface area contributed by atoms with Crippen LogP contribution in [0.3, 0.4) is 0 Å². The van der Waals surface area contributed by atoms with Crippen LogP contribution in [0.1, 0.15) is 58.3 Å². The molecular weight excluding hydrogens is 440 g/mol. The number of rotatable bonds is 7. The summed E-state index contributed by atoms with van der Waals surface area (Å²) in [6.45, 7) is 17.2. The lowest BCUT2D eigenvalue weighted by Gasteiger charge is -2.32. The van der Waals surface area contributed by atoms with E-state index in [1.807, 2.05) is 6.92 Å². The van der Waals surface area contributed by atoms with E-state index in [0.29, 0.717) is 47.4 Å². The normalized spacial score (nSPS) is 45.8. The largest absolute Gasteiger partial charge is 0.491 e. The number of carbonyl (C=O) groups is 1. The zero-order chi connectivity index (χ0) is 25.0. The molecule has 6 saturated carbocycles. The van der Waals surface area contributed by atoms with Crippen molar-refractivity contribution >= 4 is 5.97 Å². The molecular formula is C30H42O5. The molecule has 5 heteroatoms. The first kappa shape index (κ1) is 24.7. The van der Waals surface area contributed by atoms with Gasteiger partial charge in [-0.3, -0.25) is 4.79 Å².